The number of rotatable bonds is 3. The van der Waals surface area contributed by atoms with Crippen LogP contribution in [0.25, 0.3) is 5.53 Å². The molecule has 0 spiro atoms. The molecule has 0 fully saturated rings. The van der Waals surface area contributed by atoms with Crippen molar-refractivity contribution in [2.45, 2.75) is 12.5 Å². The third-order valence-electron chi connectivity index (χ3n) is 2.81. The molecule has 1 atom stereocenters. The Bertz CT molecular complexity index is 607. The summed E-state index contributed by atoms with van der Waals surface area (Å²) in [6.07, 6.45) is 0. The molecule has 0 saturated carbocycles. The van der Waals surface area contributed by atoms with Crippen molar-refractivity contribution in [1.82, 2.24) is 0 Å². The van der Waals surface area contributed by atoms with Crippen molar-refractivity contribution in [2.24, 2.45) is 0 Å². The van der Waals surface area contributed by atoms with E-state index in [2.05, 4.69) is 14.8 Å². The lowest BCUT2D eigenvalue weighted by molar-refractivity contribution is -0.147. The normalized spacial score (nSPS) is 20.2. The highest BCUT2D eigenvalue weighted by Gasteiger charge is 2.58. The molecule has 7 nitrogen and oxygen atoms in total. The molecule has 0 aliphatic carbocycles. The number of para-hydroxylation sites is 1. The number of ether oxygens (including phenoxy) is 1. The van der Waals surface area contributed by atoms with E-state index in [1.54, 1.807) is 25.1 Å². The first-order chi connectivity index (χ1) is 9.05. The van der Waals surface area contributed by atoms with Gasteiger partial charge in [-0.15, -0.1) is 0 Å². The number of amides is 1. The Labute approximate surface area is 108 Å². The number of fused-ring (bicyclic) bond motifs is 1. The number of aliphatic hydroxyl groups is 1. The fourth-order valence-corrected chi connectivity index (χ4v) is 1.94. The lowest BCUT2D eigenvalue weighted by Gasteiger charge is -2.14. The molecule has 1 aliphatic rings. The number of carbonyl (C=O) groups excluding carboxylic acids is 2. The Kier molecular flexibility index (Phi) is 3.16. The lowest BCUT2D eigenvalue weighted by Crippen LogP contribution is -2.47. The summed E-state index contributed by atoms with van der Waals surface area (Å²) in [6.45, 7) is 1.58. The molecule has 0 radical (unpaired) electrons. The fourth-order valence-electron chi connectivity index (χ4n) is 1.94. The molecule has 7 heteroatoms. The van der Waals surface area contributed by atoms with E-state index in [-0.39, 0.29) is 12.2 Å². The van der Waals surface area contributed by atoms with E-state index in [0.29, 0.717) is 5.69 Å². The molecule has 0 saturated heterocycles. The van der Waals surface area contributed by atoms with E-state index in [1.165, 1.54) is 6.07 Å². The topological polar surface area (TPSA) is 112 Å². The van der Waals surface area contributed by atoms with Gasteiger partial charge in [-0.3, -0.25) is 4.79 Å². The van der Waals surface area contributed by atoms with Crippen LogP contribution in [0.4, 0.5) is 5.69 Å². The molecule has 98 valence electrons. The molecule has 2 N–H and O–H groups in total. The largest absolute Gasteiger partial charge is 0.457 e. The first kappa shape index (κ1) is 12.9. The average molecular weight is 261 g/mol. The highest BCUT2D eigenvalue weighted by Crippen LogP contribution is 2.36. The number of nitrogens with zero attached hydrogens (tertiary/aromatic N) is 2. The van der Waals surface area contributed by atoms with Gasteiger partial charge in [0.25, 0.3) is 11.5 Å². The summed E-state index contributed by atoms with van der Waals surface area (Å²) in [5.41, 5.74) is 6.31. The Hall–Kier alpha value is -2.50. The van der Waals surface area contributed by atoms with Crippen molar-refractivity contribution in [1.29, 1.82) is 0 Å². The molecular weight excluding hydrogens is 250 g/mol. The Morgan fingerprint density at radius 2 is 2.21 bits per heavy atom. The number of hydrogen-bond donors (Lipinski definition) is 2. The van der Waals surface area contributed by atoms with E-state index in [9.17, 15) is 14.7 Å². The summed E-state index contributed by atoms with van der Waals surface area (Å²) < 4.78 is 4.67. The predicted molar refractivity (Wildman–Crippen MR) is 64.2 cm³/mol. The van der Waals surface area contributed by atoms with Gasteiger partial charge < -0.3 is 20.7 Å². The summed E-state index contributed by atoms with van der Waals surface area (Å²) in [4.78, 5) is 26.3. The zero-order valence-electron chi connectivity index (χ0n) is 10.1. The maximum atomic E-state index is 11.9. The van der Waals surface area contributed by atoms with E-state index in [0.717, 1.165) is 0 Å². The first-order valence-corrected chi connectivity index (χ1v) is 5.58. The van der Waals surface area contributed by atoms with Gasteiger partial charge in [-0.05, 0) is 13.0 Å². The van der Waals surface area contributed by atoms with Crippen LogP contribution in [-0.2, 0) is 19.9 Å². The number of carbonyl (C=O) groups is 2. The molecule has 1 unspecified atom stereocenters. The molecular formula is C12H11N3O4. The third-order valence-corrected chi connectivity index (χ3v) is 2.81. The maximum Gasteiger partial charge on any atom is 0.421 e. The number of hydrogen-bond acceptors (Lipinski definition) is 4. The first-order valence-electron chi connectivity index (χ1n) is 5.58. The van der Waals surface area contributed by atoms with Gasteiger partial charge in [0.05, 0.1) is 6.61 Å². The minimum absolute atomic E-state index is 0.0250. The summed E-state index contributed by atoms with van der Waals surface area (Å²) in [7, 11) is 0. The van der Waals surface area contributed by atoms with E-state index >= 15 is 0 Å². The Balaban J connectivity index is 2.56. The smallest absolute Gasteiger partial charge is 0.421 e. The number of nitrogens with one attached hydrogen (secondary N) is 1. The van der Waals surface area contributed by atoms with E-state index in [4.69, 9.17) is 5.53 Å². The zero-order valence-corrected chi connectivity index (χ0v) is 10.1. The van der Waals surface area contributed by atoms with Crippen LogP contribution in [0, 0.1) is 0 Å². The van der Waals surface area contributed by atoms with Crippen molar-refractivity contribution < 1.29 is 24.2 Å². The number of esters is 1. The average Bonchev–Trinajstić information content (AvgIpc) is 2.64. The van der Waals surface area contributed by atoms with Crippen molar-refractivity contribution in [2.75, 3.05) is 11.9 Å². The molecule has 1 amide bonds. The van der Waals surface area contributed by atoms with Gasteiger partial charge in [0.15, 0.2) is 0 Å². The summed E-state index contributed by atoms with van der Waals surface area (Å²) in [5, 5.41) is 12.9. The van der Waals surface area contributed by atoms with Gasteiger partial charge in [-0.2, -0.15) is 4.79 Å². The predicted octanol–water partition coefficient (Wildman–Crippen LogP) is 0.0602. The van der Waals surface area contributed by atoms with E-state index < -0.39 is 23.2 Å². The van der Waals surface area contributed by atoms with Gasteiger partial charge in [0, 0.05) is 11.3 Å². The Morgan fingerprint density at radius 3 is 2.84 bits per heavy atom. The highest BCUT2D eigenvalue weighted by atomic mass is 16.5. The van der Waals surface area contributed by atoms with E-state index in [1.807, 2.05) is 0 Å². The van der Waals surface area contributed by atoms with Gasteiger partial charge in [-0.25, -0.2) is 4.79 Å². The Morgan fingerprint density at radius 1 is 1.53 bits per heavy atom. The van der Waals surface area contributed by atoms with Gasteiger partial charge in [0.2, 0.25) is 0 Å². The molecule has 0 bridgehead atoms. The molecule has 19 heavy (non-hydrogen) atoms. The van der Waals surface area contributed by atoms with Crippen molar-refractivity contribution in [3.8, 4) is 0 Å². The highest BCUT2D eigenvalue weighted by molar-refractivity contribution is 6.44. The summed E-state index contributed by atoms with van der Waals surface area (Å²) in [5.74, 6) is -1.92. The molecule has 1 heterocycles. The minimum atomic E-state index is -2.35. The van der Waals surface area contributed by atoms with Crippen LogP contribution in [0.15, 0.2) is 24.3 Å². The zero-order chi connectivity index (χ0) is 14.0. The SMILES string of the molecule is CCOC(=O)C(=[N+]=[N-])C1(O)C(=O)Nc2ccccc21. The molecule has 2 rings (SSSR count). The molecule has 1 aromatic rings. The van der Waals surface area contributed by atoms with Gasteiger partial charge in [0.1, 0.15) is 0 Å². The third kappa shape index (κ3) is 1.81. The monoisotopic (exact) mass is 261 g/mol. The second kappa shape index (κ2) is 4.64. The van der Waals surface area contributed by atoms with Crippen molar-refractivity contribution in [3.63, 3.8) is 0 Å². The molecule has 1 aromatic carbocycles. The van der Waals surface area contributed by atoms with Crippen LogP contribution in [0.1, 0.15) is 12.5 Å². The fraction of sp³-hybridized carbons (Fsp3) is 0.250. The van der Waals surface area contributed by atoms with Gasteiger partial charge in [-0.1, -0.05) is 18.2 Å². The van der Waals surface area contributed by atoms with Crippen LogP contribution < -0.4 is 5.32 Å². The van der Waals surface area contributed by atoms with Crippen LogP contribution in [0.2, 0.25) is 0 Å². The standard InChI is InChI=1S/C12H11N3O4/c1-2-19-10(16)9(15-13)12(18)7-5-3-4-6-8(7)14-11(12)17/h3-6,18H,2H2,1H3,(H,14,17). The number of anilines is 1. The maximum absolute atomic E-state index is 11.9. The minimum Gasteiger partial charge on any atom is -0.457 e. The van der Waals surface area contributed by atoms with Gasteiger partial charge >= 0.3 is 11.7 Å². The van der Waals surface area contributed by atoms with Crippen LogP contribution in [-0.4, -0.2) is 34.1 Å². The summed E-state index contributed by atoms with van der Waals surface area (Å²) >= 11 is 0. The second-order valence-electron chi connectivity index (χ2n) is 3.88. The van der Waals surface area contributed by atoms with Crippen LogP contribution in [0.3, 0.4) is 0 Å². The molecule has 1 aliphatic heterocycles. The molecule has 0 aromatic heterocycles. The van der Waals surface area contributed by atoms with Crippen LogP contribution in [0.5, 0.6) is 0 Å². The quantitative estimate of drug-likeness (QED) is 0.346. The summed E-state index contributed by atoms with van der Waals surface area (Å²) in [6, 6.07) is 6.26. The lowest BCUT2D eigenvalue weighted by atomic mass is 9.90. The van der Waals surface area contributed by atoms with Crippen molar-refractivity contribution >= 4 is 23.3 Å². The second-order valence-corrected chi connectivity index (χ2v) is 3.88. The van der Waals surface area contributed by atoms with Crippen LogP contribution >= 0.6 is 0 Å². The van der Waals surface area contributed by atoms with Crippen molar-refractivity contribution in [3.05, 3.63) is 35.4 Å². The number of benzene rings is 1.